The molecule has 0 saturated carbocycles. The minimum absolute atomic E-state index is 0.175. The van der Waals surface area contributed by atoms with E-state index in [1.807, 2.05) is 6.07 Å². The van der Waals surface area contributed by atoms with Crippen LogP contribution in [-0.2, 0) is 13.0 Å². The zero-order valence-corrected chi connectivity index (χ0v) is 9.54. The Hall–Kier alpha value is -1.35. The van der Waals surface area contributed by atoms with Crippen LogP contribution in [0, 0.1) is 5.82 Å². The van der Waals surface area contributed by atoms with Crippen molar-refractivity contribution < 1.29 is 4.39 Å². The molecule has 0 aliphatic carbocycles. The standard InChI is InChI=1S/C13H17FN2/c1-2-16-12(4-3-7-15)8-10-5-6-11(14)9-13(10)16/h5-6,8-9H,2-4,7,15H2,1H3. The second-order valence-electron chi connectivity index (χ2n) is 3.98. The van der Waals surface area contributed by atoms with Gasteiger partial charge in [-0.15, -0.1) is 0 Å². The van der Waals surface area contributed by atoms with E-state index in [4.69, 9.17) is 5.73 Å². The van der Waals surface area contributed by atoms with Gasteiger partial charge in [-0.3, -0.25) is 0 Å². The lowest BCUT2D eigenvalue weighted by molar-refractivity contribution is 0.627. The molecule has 0 atom stereocenters. The summed E-state index contributed by atoms with van der Waals surface area (Å²) in [5, 5.41) is 1.11. The van der Waals surface area contributed by atoms with Crippen LogP contribution in [0.25, 0.3) is 10.9 Å². The first kappa shape index (κ1) is 11.1. The van der Waals surface area contributed by atoms with Crippen LogP contribution in [0.15, 0.2) is 24.3 Å². The number of fused-ring (bicyclic) bond motifs is 1. The molecule has 2 N–H and O–H groups in total. The van der Waals surface area contributed by atoms with Crippen LogP contribution in [0.3, 0.4) is 0 Å². The van der Waals surface area contributed by atoms with Crippen molar-refractivity contribution in [3.63, 3.8) is 0 Å². The van der Waals surface area contributed by atoms with Crippen LogP contribution in [0.2, 0.25) is 0 Å². The monoisotopic (exact) mass is 220 g/mol. The van der Waals surface area contributed by atoms with Gasteiger partial charge >= 0.3 is 0 Å². The zero-order valence-electron chi connectivity index (χ0n) is 9.54. The Morgan fingerprint density at radius 2 is 2.12 bits per heavy atom. The van der Waals surface area contributed by atoms with Crippen molar-refractivity contribution >= 4 is 10.9 Å². The third-order valence-corrected chi connectivity index (χ3v) is 2.91. The third-order valence-electron chi connectivity index (χ3n) is 2.91. The summed E-state index contributed by atoms with van der Waals surface area (Å²) in [5.74, 6) is -0.175. The van der Waals surface area contributed by atoms with Gasteiger partial charge in [0.15, 0.2) is 0 Å². The van der Waals surface area contributed by atoms with Crippen LogP contribution >= 0.6 is 0 Å². The number of aromatic nitrogens is 1. The van der Waals surface area contributed by atoms with Crippen molar-refractivity contribution in [2.75, 3.05) is 6.54 Å². The molecule has 2 rings (SSSR count). The van der Waals surface area contributed by atoms with E-state index in [1.165, 1.54) is 11.8 Å². The molecule has 1 aromatic heterocycles. The predicted molar refractivity (Wildman–Crippen MR) is 64.9 cm³/mol. The molecule has 0 saturated heterocycles. The average Bonchev–Trinajstić information content (AvgIpc) is 2.63. The molecule has 0 aliphatic rings. The molecule has 0 bridgehead atoms. The maximum atomic E-state index is 13.2. The van der Waals surface area contributed by atoms with E-state index in [9.17, 15) is 4.39 Å². The highest BCUT2D eigenvalue weighted by Gasteiger charge is 2.07. The van der Waals surface area contributed by atoms with Gasteiger partial charge < -0.3 is 10.3 Å². The Balaban J connectivity index is 2.49. The molecule has 16 heavy (non-hydrogen) atoms. The van der Waals surface area contributed by atoms with E-state index in [0.29, 0.717) is 6.54 Å². The summed E-state index contributed by atoms with van der Waals surface area (Å²) >= 11 is 0. The molecule has 2 aromatic rings. The second kappa shape index (κ2) is 4.66. The number of benzene rings is 1. The minimum Gasteiger partial charge on any atom is -0.345 e. The quantitative estimate of drug-likeness (QED) is 0.843. The van der Waals surface area contributed by atoms with Crippen molar-refractivity contribution in [3.8, 4) is 0 Å². The molecule has 0 spiro atoms. The molecule has 0 fully saturated rings. The van der Waals surface area contributed by atoms with E-state index in [1.54, 1.807) is 6.07 Å². The van der Waals surface area contributed by atoms with Crippen molar-refractivity contribution in [2.45, 2.75) is 26.3 Å². The number of nitrogens with two attached hydrogens (primary N) is 1. The first-order chi connectivity index (χ1) is 7.76. The van der Waals surface area contributed by atoms with Crippen LogP contribution in [0.5, 0.6) is 0 Å². The summed E-state index contributed by atoms with van der Waals surface area (Å²) in [4.78, 5) is 0. The van der Waals surface area contributed by atoms with Gasteiger partial charge in [-0.1, -0.05) is 0 Å². The molecular formula is C13H17FN2. The molecule has 1 aromatic carbocycles. The van der Waals surface area contributed by atoms with Gasteiger partial charge in [0.2, 0.25) is 0 Å². The molecule has 0 amide bonds. The fourth-order valence-corrected chi connectivity index (χ4v) is 2.15. The normalized spacial score (nSPS) is 11.2. The van der Waals surface area contributed by atoms with E-state index in [-0.39, 0.29) is 5.82 Å². The van der Waals surface area contributed by atoms with E-state index in [0.717, 1.165) is 30.3 Å². The molecule has 3 heteroatoms. The molecular weight excluding hydrogens is 203 g/mol. The third kappa shape index (κ3) is 1.95. The number of aryl methyl sites for hydroxylation is 2. The Kier molecular flexibility index (Phi) is 3.25. The molecule has 0 radical (unpaired) electrons. The Labute approximate surface area is 94.9 Å². The fourth-order valence-electron chi connectivity index (χ4n) is 2.15. The molecule has 1 heterocycles. The molecule has 0 unspecified atom stereocenters. The van der Waals surface area contributed by atoms with Crippen molar-refractivity contribution in [1.82, 2.24) is 4.57 Å². The van der Waals surface area contributed by atoms with E-state index in [2.05, 4.69) is 17.6 Å². The number of halogens is 1. The maximum absolute atomic E-state index is 13.2. The van der Waals surface area contributed by atoms with Crippen molar-refractivity contribution in [1.29, 1.82) is 0 Å². The number of nitrogens with zero attached hydrogens (tertiary/aromatic N) is 1. The highest BCUT2D eigenvalue weighted by Crippen LogP contribution is 2.21. The zero-order chi connectivity index (χ0) is 11.5. The fraction of sp³-hybridized carbons (Fsp3) is 0.385. The van der Waals surface area contributed by atoms with Gasteiger partial charge in [-0.2, -0.15) is 0 Å². The SMILES string of the molecule is CCn1c(CCCN)cc2ccc(F)cc21. The van der Waals surface area contributed by atoms with Gasteiger partial charge in [0.05, 0.1) is 5.52 Å². The average molecular weight is 220 g/mol. The first-order valence-electron chi connectivity index (χ1n) is 5.74. The van der Waals surface area contributed by atoms with Gasteiger partial charge in [-0.25, -0.2) is 4.39 Å². The maximum Gasteiger partial charge on any atom is 0.125 e. The van der Waals surface area contributed by atoms with Crippen LogP contribution in [0.1, 0.15) is 19.0 Å². The van der Waals surface area contributed by atoms with Crippen molar-refractivity contribution in [2.24, 2.45) is 5.73 Å². The summed E-state index contributed by atoms with van der Waals surface area (Å²) in [6.45, 7) is 3.64. The smallest absolute Gasteiger partial charge is 0.125 e. The molecule has 0 aliphatic heterocycles. The van der Waals surface area contributed by atoms with Gasteiger partial charge in [-0.05, 0) is 50.6 Å². The second-order valence-corrected chi connectivity index (χ2v) is 3.98. The van der Waals surface area contributed by atoms with Gasteiger partial charge in [0.1, 0.15) is 5.82 Å². The Morgan fingerprint density at radius 1 is 1.31 bits per heavy atom. The van der Waals surface area contributed by atoms with Crippen LogP contribution in [-0.4, -0.2) is 11.1 Å². The number of rotatable bonds is 4. The summed E-state index contributed by atoms with van der Waals surface area (Å²) in [5.41, 5.74) is 7.74. The summed E-state index contributed by atoms with van der Waals surface area (Å²) in [7, 11) is 0. The lowest BCUT2D eigenvalue weighted by Crippen LogP contribution is -2.05. The topological polar surface area (TPSA) is 30.9 Å². The van der Waals surface area contributed by atoms with E-state index >= 15 is 0 Å². The lowest BCUT2D eigenvalue weighted by atomic mass is 10.2. The predicted octanol–water partition coefficient (Wildman–Crippen LogP) is 2.69. The van der Waals surface area contributed by atoms with Gasteiger partial charge in [0, 0.05) is 17.6 Å². The van der Waals surface area contributed by atoms with Gasteiger partial charge in [0.25, 0.3) is 0 Å². The molecule has 86 valence electrons. The summed E-state index contributed by atoms with van der Waals surface area (Å²) in [6, 6.07) is 7.08. The number of hydrogen-bond acceptors (Lipinski definition) is 1. The summed E-state index contributed by atoms with van der Waals surface area (Å²) < 4.78 is 15.3. The minimum atomic E-state index is -0.175. The van der Waals surface area contributed by atoms with Crippen molar-refractivity contribution in [3.05, 3.63) is 35.8 Å². The van der Waals surface area contributed by atoms with Crippen LogP contribution in [0.4, 0.5) is 4.39 Å². The number of hydrogen-bond donors (Lipinski definition) is 1. The Morgan fingerprint density at radius 3 is 2.81 bits per heavy atom. The highest BCUT2D eigenvalue weighted by atomic mass is 19.1. The first-order valence-corrected chi connectivity index (χ1v) is 5.74. The molecule has 2 nitrogen and oxygen atoms in total. The van der Waals surface area contributed by atoms with Crippen LogP contribution < -0.4 is 5.73 Å². The Bertz CT molecular complexity index is 488. The lowest BCUT2D eigenvalue weighted by Gasteiger charge is -2.07. The summed E-state index contributed by atoms with van der Waals surface area (Å²) in [6.07, 6.45) is 1.93. The largest absolute Gasteiger partial charge is 0.345 e. The van der Waals surface area contributed by atoms with E-state index < -0.39 is 0 Å². The highest BCUT2D eigenvalue weighted by molar-refractivity contribution is 5.81.